The number of rotatable bonds is 6. The summed E-state index contributed by atoms with van der Waals surface area (Å²) in [6, 6.07) is 6.40. The van der Waals surface area contributed by atoms with Crippen molar-refractivity contribution in [2.45, 2.75) is 19.4 Å². The van der Waals surface area contributed by atoms with E-state index >= 15 is 0 Å². The molecule has 3 aromatic rings. The van der Waals surface area contributed by atoms with Gasteiger partial charge in [-0.2, -0.15) is 0 Å². The lowest BCUT2D eigenvalue weighted by Crippen LogP contribution is -2.37. The highest BCUT2D eigenvalue weighted by Crippen LogP contribution is 2.17. The average molecular weight is 405 g/mol. The molecule has 0 aliphatic rings. The number of halogens is 2. The smallest absolute Gasteiger partial charge is 0.275 e. The van der Waals surface area contributed by atoms with E-state index in [0.29, 0.717) is 17.1 Å². The number of nitrogens with one attached hydrogen (secondary N) is 2. The molecule has 3 N–H and O–H groups in total. The van der Waals surface area contributed by atoms with Gasteiger partial charge in [0.2, 0.25) is 0 Å². The van der Waals surface area contributed by atoms with E-state index in [-0.39, 0.29) is 23.6 Å². The number of fused-ring (bicyclic) bond motifs is 1. The highest BCUT2D eigenvalue weighted by molar-refractivity contribution is 6.30. The first kappa shape index (κ1) is 19.8. The Morgan fingerprint density at radius 1 is 1.25 bits per heavy atom. The molecule has 146 valence electrons. The number of anilines is 1. The van der Waals surface area contributed by atoms with Crippen molar-refractivity contribution in [3.05, 3.63) is 64.8 Å². The van der Waals surface area contributed by atoms with Gasteiger partial charge >= 0.3 is 0 Å². The number of benzene rings is 1. The summed E-state index contributed by atoms with van der Waals surface area (Å²) in [7, 11) is 0. The first-order chi connectivity index (χ1) is 13.4. The first-order valence-corrected chi connectivity index (χ1v) is 8.95. The van der Waals surface area contributed by atoms with Crippen LogP contribution < -0.4 is 10.6 Å². The Hall–Kier alpha value is -2.97. The van der Waals surface area contributed by atoms with Gasteiger partial charge in [0.1, 0.15) is 17.2 Å². The fraction of sp³-hybridized carbons (Fsp3) is 0.211. The second-order valence-corrected chi connectivity index (χ2v) is 6.62. The van der Waals surface area contributed by atoms with E-state index in [9.17, 15) is 19.1 Å². The summed E-state index contributed by atoms with van der Waals surface area (Å²) in [4.78, 5) is 28.9. The molecule has 0 radical (unpaired) electrons. The van der Waals surface area contributed by atoms with Crippen LogP contribution in [-0.4, -0.2) is 39.0 Å². The fourth-order valence-electron chi connectivity index (χ4n) is 2.61. The van der Waals surface area contributed by atoms with Crippen LogP contribution in [-0.2, 0) is 0 Å². The molecule has 1 aromatic carbocycles. The molecule has 2 heterocycles. The molecule has 0 aliphatic heterocycles. The van der Waals surface area contributed by atoms with Crippen LogP contribution in [0.1, 0.15) is 34.2 Å². The maximum Gasteiger partial charge on any atom is 0.275 e. The Balaban J connectivity index is 1.80. The van der Waals surface area contributed by atoms with Crippen molar-refractivity contribution >= 4 is 34.7 Å². The Labute approximate surface area is 165 Å². The zero-order valence-corrected chi connectivity index (χ0v) is 15.7. The third-order valence-corrected chi connectivity index (χ3v) is 4.34. The zero-order chi connectivity index (χ0) is 20.3. The van der Waals surface area contributed by atoms with Crippen LogP contribution in [0.3, 0.4) is 0 Å². The number of hydrogen-bond acceptors (Lipinski definition) is 4. The van der Waals surface area contributed by atoms with Crippen LogP contribution in [0, 0.1) is 5.82 Å². The van der Waals surface area contributed by atoms with Gasteiger partial charge < -0.3 is 20.1 Å². The molecule has 2 aromatic heterocycles. The molecule has 0 saturated heterocycles. The van der Waals surface area contributed by atoms with Gasteiger partial charge in [-0.15, -0.1) is 0 Å². The summed E-state index contributed by atoms with van der Waals surface area (Å²) in [6.45, 7) is 1.58. The van der Waals surface area contributed by atoms with Crippen molar-refractivity contribution in [1.29, 1.82) is 0 Å². The van der Waals surface area contributed by atoms with Crippen LogP contribution in [0.2, 0.25) is 5.02 Å². The molecule has 0 fully saturated rings. The number of aromatic nitrogens is 2. The summed E-state index contributed by atoms with van der Waals surface area (Å²) in [6.07, 6.45) is 3.63. The first-order valence-electron chi connectivity index (χ1n) is 8.57. The summed E-state index contributed by atoms with van der Waals surface area (Å²) in [5, 5.41) is 14.8. The molecule has 1 atom stereocenters. The van der Waals surface area contributed by atoms with E-state index in [1.807, 2.05) is 0 Å². The van der Waals surface area contributed by atoms with Crippen LogP contribution in [0.15, 0.2) is 42.7 Å². The Morgan fingerprint density at radius 2 is 2.04 bits per heavy atom. The maximum atomic E-state index is 13.9. The van der Waals surface area contributed by atoms with Crippen LogP contribution in [0.25, 0.3) is 5.65 Å². The lowest BCUT2D eigenvalue weighted by molar-refractivity contribution is 0.0913. The largest absolute Gasteiger partial charge is 0.394 e. The van der Waals surface area contributed by atoms with Crippen molar-refractivity contribution < 1.29 is 19.1 Å². The number of aliphatic hydroxyl groups excluding tert-OH is 1. The van der Waals surface area contributed by atoms with Gasteiger partial charge in [0.05, 0.1) is 17.7 Å². The number of nitrogens with zero attached hydrogens (tertiary/aromatic N) is 2. The van der Waals surface area contributed by atoms with Gasteiger partial charge in [-0.05, 0) is 36.8 Å². The number of imidazole rings is 1. The highest BCUT2D eigenvalue weighted by Gasteiger charge is 2.16. The standard InChI is InChI=1S/C19H18ClFN4O3/c1-2-14(10-26)22-18(27)11-5-13(21)7-15(6-11)23-19(28)16-9-25-8-12(20)3-4-17(25)24-16/h3-9,14,26H,2,10H2,1H3,(H,22,27)(H,23,28). The zero-order valence-electron chi connectivity index (χ0n) is 14.9. The Kier molecular flexibility index (Phi) is 5.91. The van der Waals surface area contributed by atoms with E-state index in [0.717, 1.165) is 12.1 Å². The summed E-state index contributed by atoms with van der Waals surface area (Å²) >= 11 is 5.91. The number of carbonyl (C=O) groups excluding carboxylic acids is 2. The number of pyridine rings is 1. The molecule has 0 aliphatic carbocycles. The Morgan fingerprint density at radius 3 is 2.75 bits per heavy atom. The van der Waals surface area contributed by atoms with Gasteiger partial charge in [-0.1, -0.05) is 18.5 Å². The van der Waals surface area contributed by atoms with Gasteiger partial charge in [-0.25, -0.2) is 9.37 Å². The molecule has 9 heteroatoms. The summed E-state index contributed by atoms with van der Waals surface area (Å²) in [5.41, 5.74) is 0.790. The molecule has 0 saturated carbocycles. The van der Waals surface area contributed by atoms with E-state index < -0.39 is 23.7 Å². The maximum absolute atomic E-state index is 13.9. The fourth-order valence-corrected chi connectivity index (χ4v) is 2.78. The van der Waals surface area contributed by atoms with Crippen molar-refractivity contribution in [3.8, 4) is 0 Å². The van der Waals surface area contributed by atoms with Crippen molar-refractivity contribution in [2.75, 3.05) is 11.9 Å². The minimum absolute atomic E-state index is 0.0315. The topological polar surface area (TPSA) is 95.7 Å². The molecule has 1 unspecified atom stereocenters. The molecular weight excluding hydrogens is 387 g/mol. The molecule has 2 amide bonds. The summed E-state index contributed by atoms with van der Waals surface area (Å²) in [5.74, 6) is -1.78. The molecule has 0 spiro atoms. The minimum atomic E-state index is -0.679. The van der Waals surface area contributed by atoms with E-state index in [2.05, 4.69) is 15.6 Å². The lowest BCUT2D eigenvalue weighted by atomic mass is 10.1. The molecule has 28 heavy (non-hydrogen) atoms. The lowest BCUT2D eigenvalue weighted by Gasteiger charge is -2.14. The predicted molar refractivity (Wildman–Crippen MR) is 103 cm³/mol. The van der Waals surface area contributed by atoms with Crippen LogP contribution >= 0.6 is 11.6 Å². The predicted octanol–water partition coefficient (Wildman–Crippen LogP) is 2.88. The molecule has 3 rings (SSSR count). The SMILES string of the molecule is CCC(CO)NC(=O)c1cc(F)cc(NC(=O)c2cn3cc(Cl)ccc3n2)c1. The van der Waals surface area contributed by atoms with Gasteiger partial charge in [0.15, 0.2) is 0 Å². The Bertz CT molecular complexity index is 1030. The van der Waals surface area contributed by atoms with Gasteiger partial charge in [-0.3, -0.25) is 9.59 Å². The number of carbonyl (C=O) groups is 2. The molecule has 7 nitrogen and oxygen atoms in total. The number of aliphatic hydroxyl groups is 1. The van der Waals surface area contributed by atoms with Crippen LogP contribution in [0.5, 0.6) is 0 Å². The van der Waals surface area contributed by atoms with Crippen LogP contribution in [0.4, 0.5) is 10.1 Å². The molecule has 0 bridgehead atoms. The van der Waals surface area contributed by atoms with E-state index in [4.69, 9.17) is 11.6 Å². The van der Waals surface area contributed by atoms with Gasteiger partial charge in [0, 0.05) is 23.6 Å². The molecular formula is C19H18ClFN4O3. The average Bonchev–Trinajstić information content (AvgIpc) is 3.08. The normalized spacial score (nSPS) is 12.0. The second kappa shape index (κ2) is 8.37. The third-order valence-electron chi connectivity index (χ3n) is 4.11. The van der Waals surface area contributed by atoms with E-state index in [1.54, 1.807) is 29.7 Å². The van der Waals surface area contributed by atoms with Crippen molar-refractivity contribution in [1.82, 2.24) is 14.7 Å². The van der Waals surface area contributed by atoms with Gasteiger partial charge in [0.25, 0.3) is 11.8 Å². The van der Waals surface area contributed by atoms with Crippen molar-refractivity contribution in [2.24, 2.45) is 0 Å². The number of hydrogen-bond donors (Lipinski definition) is 3. The second-order valence-electron chi connectivity index (χ2n) is 6.18. The number of amides is 2. The minimum Gasteiger partial charge on any atom is -0.394 e. The summed E-state index contributed by atoms with van der Waals surface area (Å²) < 4.78 is 15.5. The van der Waals surface area contributed by atoms with E-state index in [1.165, 1.54) is 12.3 Å². The van der Waals surface area contributed by atoms with Crippen molar-refractivity contribution in [3.63, 3.8) is 0 Å². The quantitative estimate of drug-likeness (QED) is 0.588. The monoisotopic (exact) mass is 404 g/mol. The third kappa shape index (κ3) is 4.47. The highest BCUT2D eigenvalue weighted by atomic mass is 35.5.